The number of thiazole rings is 1. The van der Waals surface area contributed by atoms with Gasteiger partial charge in [0.1, 0.15) is 17.4 Å². The summed E-state index contributed by atoms with van der Waals surface area (Å²) in [6, 6.07) is 8.10. The molecule has 0 spiro atoms. The molecule has 1 heterocycles. The van der Waals surface area contributed by atoms with Crippen LogP contribution >= 0.6 is 11.3 Å². The Balaban J connectivity index is 1.67. The smallest absolute Gasteiger partial charge is 0.140 e. The topological polar surface area (TPSA) is 48.1 Å². The zero-order chi connectivity index (χ0) is 13.2. The summed E-state index contributed by atoms with van der Waals surface area (Å²) in [5, 5.41) is 1.03. The van der Waals surface area contributed by atoms with E-state index in [0.29, 0.717) is 19.1 Å². The normalized spacial score (nSPS) is 14.6. The van der Waals surface area contributed by atoms with E-state index in [0.717, 1.165) is 10.8 Å². The summed E-state index contributed by atoms with van der Waals surface area (Å²) in [6.45, 7) is 3.20. The van der Waals surface area contributed by atoms with Gasteiger partial charge in [-0.05, 0) is 31.9 Å². The van der Waals surface area contributed by atoms with Gasteiger partial charge in [0, 0.05) is 17.3 Å². The molecule has 1 aromatic heterocycles. The fraction of sp³-hybridized carbons (Fsp3) is 0.400. The van der Waals surface area contributed by atoms with Crippen LogP contribution in [-0.4, -0.2) is 4.98 Å². The number of ether oxygens (including phenoxy) is 1. The van der Waals surface area contributed by atoms with Crippen LogP contribution in [0.2, 0.25) is 0 Å². The Hall–Kier alpha value is -1.39. The zero-order valence-electron chi connectivity index (χ0n) is 11.1. The first-order valence-electron chi connectivity index (χ1n) is 6.64. The van der Waals surface area contributed by atoms with Crippen LogP contribution in [0.25, 0.3) is 0 Å². The van der Waals surface area contributed by atoms with Crippen LogP contribution in [0.3, 0.4) is 0 Å². The van der Waals surface area contributed by atoms with Gasteiger partial charge in [0.15, 0.2) is 0 Å². The van der Waals surface area contributed by atoms with Gasteiger partial charge in [0.05, 0.1) is 5.69 Å². The van der Waals surface area contributed by atoms with Gasteiger partial charge in [0.2, 0.25) is 0 Å². The predicted molar refractivity (Wildman–Crippen MR) is 77.5 cm³/mol. The van der Waals surface area contributed by atoms with Crippen LogP contribution in [-0.2, 0) is 13.2 Å². The summed E-state index contributed by atoms with van der Waals surface area (Å²) in [6.07, 6.45) is 2.52. The minimum Gasteiger partial charge on any atom is -0.486 e. The third kappa shape index (κ3) is 2.96. The molecular formula is C15H18N2OS. The number of nitrogens with two attached hydrogens (primary N) is 1. The van der Waals surface area contributed by atoms with Crippen molar-refractivity contribution in [2.75, 3.05) is 0 Å². The van der Waals surface area contributed by atoms with E-state index in [1.807, 2.05) is 12.1 Å². The van der Waals surface area contributed by atoms with Crippen LogP contribution in [0.4, 0.5) is 0 Å². The quantitative estimate of drug-likeness (QED) is 0.909. The first-order chi connectivity index (χ1) is 9.26. The van der Waals surface area contributed by atoms with E-state index in [1.54, 1.807) is 11.3 Å². The molecule has 1 fully saturated rings. The Morgan fingerprint density at radius 3 is 2.68 bits per heavy atom. The van der Waals surface area contributed by atoms with Gasteiger partial charge in [-0.15, -0.1) is 11.3 Å². The average molecular weight is 274 g/mol. The van der Waals surface area contributed by atoms with Crippen molar-refractivity contribution in [3.8, 4) is 5.75 Å². The molecule has 0 saturated heterocycles. The molecule has 0 amide bonds. The number of rotatable bonds is 5. The molecule has 0 bridgehead atoms. The summed E-state index contributed by atoms with van der Waals surface area (Å²) in [5.41, 5.74) is 8.24. The van der Waals surface area contributed by atoms with Gasteiger partial charge in [-0.25, -0.2) is 4.98 Å². The molecule has 3 nitrogen and oxygen atoms in total. The maximum Gasteiger partial charge on any atom is 0.140 e. The minimum atomic E-state index is 0.535. The Kier molecular flexibility index (Phi) is 3.53. The van der Waals surface area contributed by atoms with Crippen molar-refractivity contribution in [1.82, 2.24) is 4.98 Å². The highest BCUT2D eigenvalue weighted by molar-refractivity contribution is 7.11. The van der Waals surface area contributed by atoms with E-state index >= 15 is 0 Å². The zero-order valence-corrected chi connectivity index (χ0v) is 11.9. The number of aryl methyl sites for hydroxylation is 1. The van der Waals surface area contributed by atoms with Crippen molar-refractivity contribution in [2.45, 2.75) is 38.8 Å². The first-order valence-corrected chi connectivity index (χ1v) is 7.46. The molecule has 4 heteroatoms. The number of nitrogens with zero attached hydrogens (tertiary/aromatic N) is 1. The lowest BCUT2D eigenvalue weighted by Crippen LogP contribution is -1.97. The highest BCUT2D eigenvalue weighted by Crippen LogP contribution is 2.42. The molecule has 2 N–H and O–H groups in total. The average Bonchev–Trinajstić information content (AvgIpc) is 3.19. The summed E-state index contributed by atoms with van der Waals surface area (Å²) in [4.78, 5) is 5.92. The summed E-state index contributed by atoms with van der Waals surface area (Å²) in [7, 11) is 0. The third-order valence-electron chi connectivity index (χ3n) is 3.30. The molecule has 19 heavy (non-hydrogen) atoms. The van der Waals surface area contributed by atoms with Gasteiger partial charge in [0.25, 0.3) is 0 Å². The van der Waals surface area contributed by atoms with Crippen molar-refractivity contribution >= 4 is 11.3 Å². The van der Waals surface area contributed by atoms with Crippen molar-refractivity contribution in [3.63, 3.8) is 0 Å². The van der Waals surface area contributed by atoms with E-state index in [1.165, 1.54) is 29.0 Å². The third-order valence-corrected chi connectivity index (χ3v) is 4.37. The van der Waals surface area contributed by atoms with Gasteiger partial charge in [-0.1, -0.05) is 17.7 Å². The minimum absolute atomic E-state index is 0.535. The second-order valence-electron chi connectivity index (χ2n) is 5.00. The standard InChI is InChI=1S/C15H18N2OS/c1-10-2-6-12(7-3-10)18-9-14-17-15(11-4-5-11)13(8-16)19-14/h2-3,6-7,11H,4-5,8-9,16H2,1H3. The SMILES string of the molecule is Cc1ccc(OCc2nc(C3CC3)c(CN)s2)cc1. The van der Waals surface area contributed by atoms with Gasteiger partial charge in [-0.2, -0.15) is 0 Å². The second kappa shape index (κ2) is 5.31. The lowest BCUT2D eigenvalue weighted by atomic mass is 10.2. The van der Waals surface area contributed by atoms with E-state index in [9.17, 15) is 0 Å². The second-order valence-corrected chi connectivity index (χ2v) is 6.16. The van der Waals surface area contributed by atoms with Crippen molar-refractivity contribution < 1.29 is 4.74 Å². The fourth-order valence-electron chi connectivity index (χ4n) is 2.08. The van der Waals surface area contributed by atoms with Gasteiger partial charge < -0.3 is 10.5 Å². The molecule has 0 unspecified atom stereocenters. The maximum absolute atomic E-state index is 5.78. The number of hydrogen-bond acceptors (Lipinski definition) is 4. The molecule has 3 rings (SSSR count). The van der Waals surface area contributed by atoms with Gasteiger partial charge in [-0.3, -0.25) is 0 Å². The molecule has 100 valence electrons. The summed E-state index contributed by atoms with van der Waals surface area (Å²) < 4.78 is 5.77. The predicted octanol–water partition coefficient (Wildman–Crippen LogP) is 3.37. The van der Waals surface area contributed by atoms with Crippen LogP contribution < -0.4 is 10.5 Å². The molecular weight excluding hydrogens is 256 g/mol. The molecule has 1 saturated carbocycles. The molecule has 0 atom stereocenters. The van der Waals surface area contributed by atoms with Crippen molar-refractivity contribution in [1.29, 1.82) is 0 Å². The molecule has 0 aliphatic heterocycles. The number of aromatic nitrogens is 1. The summed E-state index contributed by atoms with van der Waals surface area (Å²) in [5.74, 6) is 1.55. The number of benzene rings is 1. The molecule has 0 radical (unpaired) electrons. The Morgan fingerprint density at radius 1 is 1.32 bits per heavy atom. The molecule has 1 aliphatic rings. The summed E-state index contributed by atoms with van der Waals surface area (Å²) >= 11 is 1.69. The maximum atomic E-state index is 5.78. The fourth-order valence-corrected chi connectivity index (χ4v) is 3.02. The molecule has 1 aliphatic carbocycles. The van der Waals surface area contributed by atoms with E-state index in [2.05, 4.69) is 24.0 Å². The van der Waals surface area contributed by atoms with Crippen LogP contribution in [0.15, 0.2) is 24.3 Å². The van der Waals surface area contributed by atoms with Crippen LogP contribution in [0, 0.1) is 6.92 Å². The number of hydrogen-bond donors (Lipinski definition) is 1. The van der Waals surface area contributed by atoms with Crippen LogP contribution in [0.1, 0.15) is 39.9 Å². The lowest BCUT2D eigenvalue weighted by molar-refractivity contribution is 0.305. The van der Waals surface area contributed by atoms with Crippen LogP contribution in [0.5, 0.6) is 5.75 Å². The van der Waals surface area contributed by atoms with Gasteiger partial charge >= 0.3 is 0 Å². The monoisotopic (exact) mass is 274 g/mol. The molecule has 2 aromatic rings. The highest BCUT2D eigenvalue weighted by atomic mass is 32.1. The lowest BCUT2D eigenvalue weighted by Gasteiger charge is -2.03. The molecule has 1 aromatic carbocycles. The highest BCUT2D eigenvalue weighted by Gasteiger charge is 2.29. The van der Waals surface area contributed by atoms with E-state index in [-0.39, 0.29) is 0 Å². The Bertz CT molecular complexity index is 558. The van der Waals surface area contributed by atoms with E-state index in [4.69, 9.17) is 10.5 Å². The Labute approximate surface area is 117 Å². The van der Waals surface area contributed by atoms with Crippen molar-refractivity contribution in [3.05, 3.63) is 45.4 Å². The van der Waals surface area contributed by atoms with E-state index < -0.39 is 0 Å². The van der Waals surface area contributed by atoms with Crippen molar-refractivity contribution in [2.24, 2.45) is 5.73 Å². The largest absolute Gasteiger partial charge is 0.486 e. The Morgan fingerprint density at radius 2 is 2.05 bits per heavy atom. The first kappa shape index (κ1) is 12.6.